The lowest BCUT2D eigenvalue weighted by Crippen LogP contribution is -2.32. The van der Waals surface area contributed by atoms with Gasteiger partial charge in [-0.3, -0.25) is 4.79 Å². The van der Waals surface area contributed by atoms with Crippen molar-refractivity contribution in [1.29, 1.82) is 0 Å². The molecule has 6 aliphatic rings. The molecule has 0 radical (unpaired) electrons. The van der Waals surface area contributed by atoms with Crippen LogP contribution in [0.1, 0.15) is 40.5 Å². The second-order valence-corrected chi connectivity index (χ2v) is 8.74. The van der Waals surface area contributed by atoms with Gasteiger partial charge in [0.15, 0.2) is 42.7 Å². The molecule has 5 unspecified atom stereocenters. The van der Waals surface area contributed by atoms with Gasteiger partial charge in [0.2, 0.25) is 0 Å². The first-order valence-electron chi connectivity index (χ1n) is 9.65. The van der Waals surface area contributed by atoms with Crippen LogP contribution in [0.15, 0.2) is 0 Å². The molecule has 28 heavy (non-hydrogen) atoms. The molecule has 10 nitrogen and oxygen atoms in total. The summed E-state index contributed by atoms with van der Waals surface area (Å²) in [6.45, 7) is 7.32. The molecule has 1 N–H and O–H groups in total. The topological polar surface area (TPSA) is 111 Å². The van der Waals surface area contributed by atoms with E-state index in [1.54, 1.807) is 0 Å². The van der Waals surface area contributed by atoms with Gasteiger partial charge in [0.05, 0.1) is 12.5 Å². The number of ether oxygens (including phenoxy) is 8. The Balaban J connectivity index is 0.000000122. The van der Waals surface area contributed by atoms with E-state index in [1.807, 2.05) is 27.7 Å². The molecule has 0 spiro atoms. The summed E-state index contributed by atoms with van der Waals surface area (Å²) in [5, 5.41) is 9.29. The molecule has 6 fully saturated rings. The summed E-state index contributed by atoms with van der Waals surface area (Å²) in [5.74, 6) is -1.47. The molecule has 0 aromatic heterocycles. The van der Waals surface area contributed by atoms with Gasteiger partial charge in [0.25, 0.3) is 0 Å². The molecule has 0 aromatic carbocycles. The number of esters is 1. The van der Waals surface area contributed by atoms with Crippen LogP contribution in [-0.4, -0.2) is 78.1 Å². The Bertz CT molecular complexity index is 650. The van der Waals surface area contributed by atoms with E-state index in [0.717, 1.165) is 0 Å². The first-order chi connectivity index (χ1) is 13.1. The number of carbonyl (C=O) groups excluding carboxylic acids is 1. The summed E-state index contributed by atoms with van der Waals surface area (Å²) in [7, 11) is 0. The Hall–Kier alpha value is -0.850. The maximum atomic E-state index is 11.0. The number of rotatable bonds is 0. The van der Waals surface area contributed by atoms with Crippen LogP contribution in [0.4, 0.5) is 0 Å². The van der Waals surface area contributed by atoms with Crippen LogP contribution >= 0.6 is 0 Å². The quantitative estimate of drug-likeness (QED) is 0.562. The molecule has 0 amide bonds. The van der Waals surface area contributed by atoms with Crippen molar-refractivity contribution >= 4 is 5.97 Å². The zero-order chi connectivity index (χ0) is 19.8. The van der Waals surface area contributed by atoms with Crippen LogP contribution in [0.5, 0.6) is 0 Å². The summed E-state index contributed by atoms with van der Waals surface area (Å²) >= 11 is 0. The Morgan fingerprint density at radius 1 is 0.786 bits per heavy atom. The minimum atomic E-state index is -0.724. The van der Waals surface area contributed by atoms with Crippen LogP contribution in [0.3, 0.4) is 0 Å². The van der Waals surface area contributed by atoms with Crippen molar-refractivity contribution in [2.24, 2.45) is 0 Å². The molecule has 0 saturated carbocycles. The van der Waals surface area contributed by atoms with E-state index in [-0.39, 0.29) is 55.2 Å². The highest BCUT2D eigenvalue weighted by atomic mass is 16.9. The highest BCUT2D eigenvalue weighted by molar-refractivity contribution is 5.73. The van der Waals surface area contributed by atoms with Crippen molar-refractivity contribution in [3.8, 4) is 0 Å². The van der Waals surface area contributed by atoms with E-state index in [4.69, 9.17) is 37.9 Å². The number of aliphatic hydroxyl groups excluding tert-OH is 1. The third kappa shape index (κ3) is 3.25. The lowest BCUT2D eigenvalue weighted by atomic mass is 10.1. The lowest BCUT2D eigenvalue weighted by molar-refractivity contribution is -0.210. The zero-order valence-corrected chi connectivity index (χ0v) is 16.2. The molecule has 6 aliphatic heterocycles. The predicted octanol–water partition coefficient (Wildman–Crippen LogP) is 0.148. The van der Waals surface area contributed by atoms with Crippen LogP contribution < -0.4 is 0 Å². The molecule has 0 aromatic rings. The normalized spacial score (nSPS) is 51.8. The van der Waals surface area contributed by atoms with E-state index in [1.165, 1.54) is 0 Å². The highest BCUT2D eigenvalue weighted by Gasteiger charge is 2.60. The number of fused-ring (bicyclic) bond motifs is 6. The second kappa shape index (κ2) is 6.32. The second-order valence-electron chi connectivity index (χ2n) is 8.74. The van der Waals surface area contributed by atoms with E-state index < -0.39 is 17.9 Å². The smallest absolute Gasteiger partial charge is 0.309 e. The van der Waals surface area contributed by atoms with Gasteiger partial charge in [-0.1, -0.05) is 0 Å². The van der Waals surface area contributed by atoms with Crippen molar-refractivity contribution < 1.29 is 47.8 Å². The molecule has 0 bridgehead atoms. The first-order valence-corrected chi connectivity index (χ1v) is 9.65. The van der Waals surface area contributed by atoms with Gasteiger partial charge in [0.1, 0.15) is 18.3 Å². The van der Waals surface area contributed by atoms with Gasteiger partial charge in [-0.15, -0.1) is 0 Å². The third-order valence-corrected chi connectivity index (χ3v) is 5.56. The van der Waals surface area contributed by atoms with Crippen molar-refractivity contribution in [3.05, 3.63) is 0 Å². The fourth-order valence-electron chi connectivity index (χ4n) is 4.55. The number of aliphatic hydroxyl groups is 1. The molecular weight excluding hydrogens is 376 g/mol. The average molecular weight is 402 g/mol. The van der Waals surface area contributed by atoms with Crippen LogP contribution in [0.25, 0.3) is 0 Å². The molecule has 6 heterocycles. The molecule has 6 rings (SSSR count). The fourth-order valence-corrected chi connectivity index (χ4v) is 4.55. The third-order valence-electron chi connectivity index (χ3n) is 5.56. The Kier molecular flexibility index (Phi) is 4.32. The summed E-state index contributed by atoms with van der Waals surface area (Å²) in [6, 6.07) is 0. The maximum Gasteiger partial charge on any atom is 0.309 e. The number of hydrogen-bond acceptors (Lipinski definition) is 10. The van der Waals surface area contributed by atoms with Gasteiger partial charge >= 0.3 is 5.97 Å². The number of hydrogen-bond donors (Lipinski definition) is 1. The van der Waals surface area contributed by atoms with E-state index in [0.29, 0.717) is 12.8 Å². The fraction of sp³-hybridized carbons (Fsp3) is 0.944. The summed E-state index contributed by atoms with van der Waals surface area (Å²) in [4.78, 5) is 11.0. The Morgan fingerprint density at radius 2 is 1.36 bits per heavy atom. The minimum absolute atomic E-state index is 0.0869. The van der Waals surface area contributed by atoms with Gasteiger partial charge in [-0.25, -0.2) is 0 Å². The molecule has 158 valence electrons. The average Bonchev–Trinajstić information content (AvgIpc) is 3.32. The molecule has 10 heteroatoms. The summed E-state index contributed by atoms with van der Waals surface area (Å²) in [6.07, 6.45) is -1.83. The monoisotopic (exact) mass is 402 g/mol. The van der Waals surface area contributed by atoms with Gasteiger partial charge in [-0.2, -0.15) is 0 Å². The van der Waals surface area contributed by atoms with Crippen molar-refractivity contribution in [1.82, 2.24) is 0 Å². The van der Waals surface area contributed by atoms with E-state index in [2.05, 4.69) is 0 Å². The first kappa shape index (κ1) is 19.1. The van der Waals surface area contributed by atoms with Crippen molar-refractivity contribution in [2.75, 3.05) is 0 Å². The van der Waals surface area contributed by atoms with Crippen LogP contribution in [0, 0.1) is 0 Å². The van der Waals surface area contributed by atoms with E-state index in [9.17, 15) is 9.90 Å². The Morgan fingerprint density at radius 3 is 2.00 bits per heavy atom. The SMILES string of the molecule is CC1(C)OC2[C@H](OC3CC(=O)O[C@@H]32)O1.CC1(C)OC2[C@H](OC3CC(O)O[C@@H]32)O1. The number of carbonyl (C=O) groups is 1. The molecule has 9 atom stereocenters. The maximum absolute atomic E-state index is 11.0. The highest BCUT2D eigenvalue weighted by Crippen LogP contribution is 2.43. The van der Waals surface area contributed by atoms with Crippen LogP contribution in [0.2, 0.25) is 0 Å². The standard InChI is InChI=1S/C9H14O5.C9H12O5/c2*1-9(2)13-7-6-4(3-5(10)12-6)11-8(7)14-9/h4-8,10H,3H2,1-2H3;4,6-8H,3H2,1-2H3/t4?,5?,6-,7?,8+;4?,6-,7?,8+/m00/s1. The molecular formula is C18H26O10. The largest absolute Gasteiger partial charge is 0.456 e. The van der Waals surface area contributed by atoms with Crippen molar-refractivity contribution in [3.63, 3.8) is 0 Å². The minimum Gasteiger partial charge on any atom is -0.456 e. The van der Waals surface area contributed by atoms with Gasteiger partial charge in [0, 0.05) is 6.42 Å². The van der Waals surface area contributed by atoms with E-state index >= 15 is 0 Å². The predicted molar refractivity (Wildman–Crippen MR) is 87.4 cm³/mol. The molecule has 0 aliphatic carbocycles. The lowest BCUT2D eigenvalue weighted by Gasteiger charge is -2.20. The van der Waals surface area contributed by atoms with Gasteiger partial charge < -0.3 is 43.0 Å². The zero-order valence-electron chi connectivity index (χ0n) is 16.2. The van der Waals surface area contributed by atoms with Crippen molar-refractivity contribution in [2.45, 2.75) is 108 Å². The summed E-state index contributed by atoms with van der Waals surface area (Å²) in [5.41, 5.74) is 0. The summed E-state index contributed by atoms with van der Waals surface area (Å²) < 4.78 is 43.9. The molecule has 6 saturated heterocycles. The Labute approximate surface area is 162 Å². The van der Waals surface area contributed by atoms with Crippen LogP contribution in [-0.2, 0) is 42.7 Å². The van der Waals surface area contributed by atoms with Gasteiger partial charge in [-0.05, 0) is 27.7 Å².